The van der Waals surface area contributed by atoms with Gasteiger partial charge in [0.15, 0.2) is 14.1 Å². The second-order valence-electron chi connectivity index (χ2n) is 7.72. The molecule has 0 saturated heterocycles. The Morgan fingerprint density at radius 2 is 1.75 bits per heavy atom. The SMILES string of the molecule is COC1(O[Si](C)(C)C)C(C#N)CC1(C)C1CCCCC1. The summed E-state index contributed by atoms with van der Waals surface area (Å²) in [4.78, 5) is 0. The predicted octanol–water partition coefficient (Wildman–Crippen LogP) is 4.31. The van der Waals surface area contributed by atoms with Gasteiger partial charge in [-0.05, 0) is 44.8 Å². The Morgan fingerprint density at radius 1 is 1.15 bits per heavy atom. The summed E-state index contributed by atoms with van der Waals surface area (Å²) in [5.41, 5.74) is 0.00282. The van der Waals surface area contributed by atoms with Crippen molar-refractivity contribution < 1.29 is 9.16 Å². The van der Waals surface area contributed by atoms with Crippen LogP contribution >= 0.6 is 0 Å². The van der Waals surface area contributed by atoms with Crippen molar-refractivity contribution in [3.05, 3.63) is 0 Å². The van der Waals surface area contributed by atoms with Crippen LogP contribution in [0.25, 0.3) is 0 Å². The van der Waals surface area contributed by atoms with Crippen LogP contribution in [0, 0.1) is 28.6 Å². The molecule has 3 unspecified atom stereocenters. The molecule has 3 atom stereocenters. The highest BCUT2D eigenvalue weighted by molar-refractivity contribution is 6.69. The molecule has 114 valence electrons. The number of methoxy groups -OCH3 is 1. The van der Waals surface area contributed by atoms with E-state index in [1.807, 2.05) is 0 Å². The van der Waals surface area contributed by atoms with Gasteiger partial charge in [-0.3, -0.25) is 0 Å². The van der Waals surface area contributed by atoms with Crippen molar-refractivity contribution in [2.75, 3.05) is 7.11 Å². The van der Waals surface area contributed by atoms with E-state index in [1.54, 1.807) is 7.11 Å². The highest BCUT2D eigenvalue weighted by atomic mass is 28.4. The Hall–Kier alpha value is -0.373. The van der Waals surface area contributed by atoms with Crippen LogP contribution in [0.2, 0.25) is 19.6 Å². The highest BCUT2D eigenvalue weighted by Gasteiger charge is 2.68. The Kier molecular flexibility index (Phi) is 4.35. The fourth-order valence-corrected chi connectivity index (χ4v) is 5.72. The smallest absolute Gasteiger partial charge is 0.187 e. The molecule has 2 aliphatic rings. The summed E-state index contributed by atoms with van der Waals surface area (Å²) in [5, 5.41) is 9.49. The van der Waals surface area contributed by atoms with Crippen molar-refractivity contribution in [1.82, 2.24) is 0 Å². The third-order valence-corrected chi connectivity index (χ3v) is 6.22. The molecule has 0 bridgehead atoms. The van der Waals surface area contributed by atoms with E-state index in [1.165, 1.54) is 32.1 Å². The van der Waals surface area contributed by atoms with Crippen LogP contribution in [0.3, 0.4) is 0 Å². The average Bonchev–Trinajstić information content (AvgIpc) is 2.41. The number of hydrogen-bond acceptors (Lipinski definition) is 3. The predicted molar refractivity (Wildman–Crippen MR) is 82.6 cm³/mol. The first-order valence-electron chi connectivity index (χ1n) is 7.94. The van der Waals surface area contributed by atoms with E-state index in [0.29, 0.717) is 5.92 Å². The molecule has 0 aromatic carbocycles. The van der Waals surface area contributed by atoms with E-state index in [-0.39, 0.29) is 11.3 Å². The third-order valence-electron chi connectivity index (χ3n) is 5.31. The van der Waals surface area contributed by atoms with E-state index in [0.717, 1.165) is 6.42 Å². The summed E-state index contributed by atoms with van der Waals surface area (Å²) >= 11 is 0. The lowest BCUT2D eigenvalue weighted by atomic mass is 9.50. The number of nitrogens with zero attached hydrogens (tertiary/aromatic N) is 1. The van der Waals surface area contributed by atoms with Gasteiger partial charge in [0.1, 0.15) is 5.92 Å². The Labute approximate surface area is 124 Å². The van der Waals surface area contributed by atoms with Crippen LogP contribution in [0.4, 0.5) is 0 Å². The van der Waals surface area contributed by atoms with E-state index in [4.69, 9.17) is 9.16 Å². The Balaban J connectivity index is 2.30. The molecule has 2 aliphatic carbocycles. The molecule has 3 nitrogen and oxygen atoms in total. The lowest BCUT2D eigenvalue weighted by Gasteiger charge is -2.64. The van der Waals surface area contributed by atoms with Crippen molar-refractivity contribution in [3.63, 3.8) is 0 Å². The van der Waals surface area contributed by atoms with Gasteiger partial charge >= 0.3 is 0 Å². The van der Waals surface area contributed by atoms with Crippen LogP contribution in [-0.2, 0) is 9.16 Å². The van der Waals surface area contributed by atoms with E-state index in [2.05, 4.69) is 32.6 Å². The largest absolute Gasteiger partial charge is 0.389 e. The van der Waals surface area contributed by atoms with Crippen molar-refractivity contribution in [1.29, 1.82) is 5.26 Å². The van der Waals surface area contributed by atoms with Gasteiger partial charge < -0.3 is 9.16 Å². The second kappa shape index (κ2) is 5.44. The van der Waals surface area contributed by atoms with Gasteiger partial charge in [-0.25, -0.2) is 0 Å². The first-order chi connectivity index (χ1) is 9.29. The van der Waals surface area contributed by atoms with Gasteiger partial charge in [-0.1, -0.05) is 26.2 Å². The van der Waals surface area contributed by atoms with Gasteiger partial charge in [0, 0.05) is 12.5 Å². The first-order valence-corrected chi connectivity index (χ1v) is 11.3. The molecule has 0 aromatic heterocycles. The number of nitriles is 1. The molecule has 0 heterocycles. The zero-order valence-corrected chi connectivity index (χ0v) is 14.7. The van der Waals surface area contributed by atoms with Crippen molar-refractivity contribution >= 4 is 8.32 Å². The van der Waals surface area contributed by atoms with Crippen molar-refractivity contribution in [2.45, 2.75) is 70.9 Å². The molecule has 2 rings (SSSR count). The van der Waals surface area contributed by atoms with Crippen LogP contribution in [0.15, 0.2) is 0 Å². The molecule has 0 radical (unpaired) electrons. The first kappa shape index (κ1) is 16.0. The summed E-state index contributed by atoms with van der Waals surface area (Å²) in [6.07, 6.45) is 7.41. The standard InChI is InChI=1S/C16H29NO2Si/c1-15(13-9-7-6-8-10-13)11-14(12-17)16(15,18-2)19-20(3,4)5/h13-14H,6-11H2,1-5H3. The molecule has 0 amide bonds. The molecule has 0 N–H and O–H groups in total. The zero-order valence-electron chi connectivity index (χ0n) is 13.7. The van der Waals surface area contributed by atoms with Gasteiger partial charge in [-0.15, -0.1) is 0 Å². The van der Waals surface area contributed by atoms with Crippen LogP contribution in [-0.4, -0.2) is 21.2 Å². The molecule has 0 aliphatic heterocycles. The summed E-state index contributed by atoms with van der Waals surface area (Å²) < 4.78 is 12.4. The molecular weight excluding hydrogens is 266 g/mol. The van der Waals surface area contributed by atoms with Gasteiger partial charge in [0.2, 0.25) is 0 Å². The topological polar surface area (TPSA) is 42.2 Å². The molecule has 4 heteroatoms. The fourth-order valence-electron chi connectivity index (χ4n) is 4.35. The zero-order chi connectivity index (χ0) is 15.0. The lowest BCUT2D eigenvalue weighted by molar-refractivity contribution is -0.342. The highest BCUT2D eigenvalue weighted by Crippen LogP contribution is 2.63. The quantitative estimate of drug-likeness (QED) is 0.573. The maximum absolute atomic E-state index is 9.49. The van der Waals surface area contributed by atoms with Crippen LogP contribution in [0.5, 0.6) is 0 Å². The van der Waals surface area contributed by atoms with Crippen molar-refractivity contribution in [3.8, 4) is 6.07 Å². The molecule has 20 heavy (non-hydrogen) atoms. The van der Waals surface area contributed by atoms with E-state index in [9.17, 15) is 5.26 Å². The van der Waals surface area contributed by atoms with Crippen molar-refractivity contribution in [2.24, 2.45) is 17.3 Å². The summed E-state index contributed by atoms with van der Waals surface area (Å²) in [6.45, 7) is 8.84. The number of ether oxygens (including phenoxy) is 1. The Bertz CT molecular complexity index is 394. The minimum Gasteiger partial charge on any atom is -0.389 e. The van der Waals surface area contributed by atoms with E-state index < -0.39 is 14.1 Å². The summed E-state index contributed by atoms with van der Waals surface area (Å²) in [6, 6.07) is 2.43. The van der Waals surface area contributed by atoms with Gasteiger partial charge in [0.25, 0.3) is 0 Å². The third kappa shape index (κ3) is 2.45. The van der Waals surface area contributed by atoms with E-state index >= 15 is 0 Å². The lowest BCUT2D eigenvalue weighted by Crippen LogP contribution is -2.70. The van der Waals surface area contributed by atoms with Crippen LogP contribution in [0.1, 0.15) is 45.4 Å². The monoisotopic (exact) mass is 295 g/mol. The van der Waals surface area contributed by atoms with Gasteiger partial charge in [-0.2, -0.15) is 5.26 Å². The fraction of sp³-hybridized carbons (Fsp3) is 0.938. The molecule has 0 spiro atoms. The maximum Gasteiger partial charge on any atom is 0.187 e. The average molecular weight is 295 g/mol. The number of hydrogen-bond donors (Lipinski definition) is 0. The Morgan fingerprint density at radius 3 is 2.20 bits per heavy atom. The second-order valence-corrected chi connectivity index (χ2v) is 12.2. The van der Waals surface area contributed by atoms with Gasteiger partial charge in [0.05, 0.1) is 6.07 Å². The minimum atomic E-state index is -1.77. The minimum absolute atomic E-state index is 0.00282. The molecule has 2 saturated carbocycles. The normalized spacial score (nSPS) is 39.1. The molecule has 2 fully saturated rings. The summed E-state index contributed by atoms with van der Waals surface area (Å²) in [5.74, 6) is -0.155. The summed E-state index contributed by atoms with van der Waals surface area (Å²) in [7, 11) is -0.0430. The maximum atomic E-state index is 9.49. The molecular formula is C16H29NO2Si. The molecule has 0 aromatic rings. The number of rotatable bonds is 4. The van der Waals surface area contributed by atoms with Crippen LogP contribution < -0.4 is 0 Å².